The fourth-order valence-electron chi connectivity index (χ4n) is 2.81. The Morgan fingerprint density at radius 2 is 1.67 bits per heavy atom. The van der Waals surface area contributed by atoms with Gasteiger partial charge in [0.1, 0.15) is 0 Å². The number of rotatable bonds is 3. The van der Waals surface area contributed by atoms with Gasteiger partial charge in [0.2, 0.25) is 5.91 Å². The lowest BCUT2D eigenvalue weighted by Gasteiger charge is -2.32. The Morgan fingerprint density at radius 1 is 1.05 bits per heavy atom. The van der Waals surface area contributed by atoms with Crippen LogP contribution in [0.2, 0.25) is 0 Å². The highest BCUT2D eigenvalue weighted by atomic mass is 16.2. The van der Waals surface area contributed by atoms with Crippen LogP contribution in [0.5, 0.6) is 0 Å². The van der Waals surface area contributed by atoms with Gasteiger partial charge in [-0.3, -0.25) is 9.59 Å². The number of benzene rings is 1. The number of likely N-dealkylation sites (tertiary alicyclic amines) is 1. The SMILES string of the molecule is Cc1ccc(C(=O)NC2CCN(C(=O)C3CC3)CC2)cc1. The molecule has 4 nitrogen and oxygen atoms in total. The standard InChI is InChI=1S/C17H22N2O2/c1-12-2-4-13(5-3-12)16(20)18-15-8-10-19(11-9-15)17(21)14-6-7-14/h2-5,14-15H,6-11H2,1H3,(H,18,20). The molecule has 112 valence electrons. The molecule has 1 aliphatic carbocycles. The van der Waals surface area contributed by atoms with Crippen molar-refractivity contribution in [3.8, 4) is 0 Å². The second-order valence-electron chi connectivity index (χ2n) is 6.21. The van der Waals surface area contributed by atoms with Crippen LogP contribution in [-0.4, -0.2) is 35.8 Å². The topological polar surface area (TPSA) is 49.4 Å². The fraction of sp³-hybridized carbons (Fsp3) is 0.529. The Morgan fingerprint density at radius 3 is 2.24 bits per heavy atom. The van der Waals surface area contributed by atoms with Crippen molar-refractivity contribution >= 4 is 11.8 Å². The highest BCUT2D eigenvalue weighted by Crippen LogP contribution is 2.31. The minimum atomic E-state index is -0.0121. The number of nitrogens with one attached hydrogen (secondary N) is 1. The molecule has 3 rings (SSSR count). The molecule has 1 aromatic carbocycles. The molecule has 1 saturated carbocycles. The summed E-state index contributed by atoms with van der Waals surface area (Å²) in [6.45, 7) is 3.55. The van der Waals surface area contributed by atoms with Crippen molar-refractivity contribution in [2.45, 2.75) is 38.6 Å². The van der Waals surface area contributed by atoms with Crippen LogP contribution >= 0.6 is 0 Å². The smallest absolute Gasteiger partial charge is 0.251 e. The Kier molecular flexibility index (Phi) is 3.95. The Labute approximate surface area is 125 Å². The predicted molar refractivity (Wildman–Crippen MR) is 81.0 cm³/mol. The van der Waals surface area contributed by atoms with E-state index in [0.717, 1.165) is 44.3 Å². The number of piperidine rings is 1. The highest BCUT2D eigenvalue weighted by molar-refractivity contribution is 5.94. The predicted octanol–water partition coefficient (Wildman–Crippen LogP) is 2.13. The summed E-state index contributed by atoms with van der Waals surface area (Å²) in [7, 11) is 0. The Hall–Kier alpha value is -1.84. The van der Waals surface area contributed by atoms with Gasteiger partial charge in [0.15, 0.2) is 0 Å². The van der Waals surface area contributed by atoms with Gasteiger partial charge in [0.05, 0.1) is 0 Å². The van der Waals surface area contributed by atoms with E-state index in [1.54, 1.807) is 0 Å². The third-order valence-corrected chi connectivity index (χ3v) is 4.38. The molecular weight excluding hydrogens is 264 g/mol. The van der Waals surface area contributed by atoms with Crippen LogP contribution in [0.1, 0.15) is 41.6 Å². The zero-order chi connectivity index (χ0) is 14.8. The molecule has 2 aliphatic rings. The van der Waals surface area contributed by atoms with Crippen molar-refractivity contribution < 1.29 is 9.59 Å². The first kappa shape index (κ1) is 14.1. The third-order valence-electron chi connectivity index (χ3n) is 4.38. The quantitative estimate of drug-likeness (QED) is 0.925. The van der Waals surface area contributed by atoms with Crippen LogP contribution in [0.15, 0.2) is 24.3 Å². The van der Waals surface area contributed by atoms with Crippen LogP contribution < -0.4 is 5.32 Å². The molecule has 4 heteroatoms. The molecule has 0 aromatic heterocycles. The molecule has 0 spiro atoms. The summed E-state index contributed by atoms with van der Waals surface area (Å²) in [6, 6.07) is 7.80. The highest BCUT2D eigenvalue weighted by Gasteiger charge is 2.35. The average molecular weight is 286 g/mol. The third kappa shape index (κ3) is 3.43. The second-order valence-corrected chi connectivity index (χ2v) is 6.21. The summed E-state index contributed by atoms with van der Waals surface area (Å²) in [5.74, 6) is 0.601. The van der Waals surface area contributed by atoms with Crippen molar-refractivity contribution in [3.05, 3.63) is 35.4 Å². The van der Waals surface area contributed by atoms with E-state index in [2.05, 4.69) is 5.32 Å². The van der Waals surface area contributed by atoms with E-state index in [1.165, 1.54) is 0 Å². The van der Waals surface area contributed by atoms with Gasteiger partial charge in [-0.25, -0.2) is 0 Å². The number of aryl methyl sites for hydroxylation is 1. The van der Waals surface area contributed by atoms with Crippen molar-refractivity contribution in [1.29, 1.82) is 0 Å². The lowest BCUT2D eigenvalue weighted by atomic mass is 10.0. The summed E-state index contributed by atoms with van der Waals surface area (Å²) < 4.78 is 0. The molecule has 1 N–H and O–H groups in total. The molecule has 0 atom stereocenters. The van der Waals surface area contributed by atoms with E-state index in [4.69, 9.17) is 0 Å². The van der Waals surface area contributed by atoms with Crippen LogP contribution in [0.25, 0.3) is 0 Å². The summed E-state index contributed by atoms with van der Waals surface area (Å²) in [6.07, 6.45) is 3.83. The van der Waals surface area contributed by atoms with Gasteiger partial charge in [-0.1, -0.05) is 17.7 Å². The van der Waals surface area contributed by atoms with Gasteiger partial charge in [-0.2, -0.15) is 0 Å². The normalized spacial score (nSPS) is 19.4. The number of hydrogen-bond donors (Lipinski definition) is 1. The Balaban J connectivity index is 1.49. The minimum absolute atomic E-state index is 0.0121. The number of carbonyl (C=O) groups is 2. The van der Waals surface area contributed by atoms with Gasteiger partial charge in [0.25, 0.3) is 5.91 Å². The molecule has 1 saturated heterocycles. The second kappa shape index (κ2) is 5.88. The lowest BCUT2D eigenvalue weighted by molar-refractivity contribution is -0.133. The van der Waals surface area contributed by atoms with Crippen molar-refractivity contribution in [1.82, 2.24) is 10.2 Å². The first-order chi connectivity index (χ1) is 10.1. The molecule has 21 heavy (non-hydrogen) atoms. The largest absolute Gasteiger partial charge is 0.349 e. The van der Waals surface area contributed by atoms with E-state index in [-0.39, 0.29) is 11.9 Å². The van der Waals surface area contributed by atoms with Gasteiger partial charge in [-0.15, -0.1) is 0 Å². The van der Waals surface area contributed by atoms with Gasteiger partial charge in [-0.05, 0) is 44.7 Å². The monoisotopic (exact) mass is 286 g/mol. The van der Waals surface area contributed by atoms with Crippen molar-refractivity contribution in [3.63, 3.8) is 0 Å². The molecule has 0 bridgehead atoms. The van der Waals surface area contributed by atoms with Gasteiger partial charge in [0, 0.05) is 30.6 Å². The van der Waals surface area contributed by atoms with Crippen LogP contribution in [0.4, 0.5) is 0 Å². The number of carbonyl (C=O) groups excluding carboxylic acids is 2. The summed E-state index contributed by atoms with van der Waals surface area (Å²) >= 11 is 0. The molecule has 0 radical (unpaired) electrons. The van der Waals surface area contributed by atoms with E-state index in [0.29, 0.717) is 17.4 Å². The maximum Gasteiger partial charge on any atom is 0.251 e. The summed E-state index contributed by atoms with van der Waals surface area (Å²) in [5.41, 5.74) is 1.86. The minimum Gasteiger partial charge on any atom is -0.349 e. The first-order valence-electron chi connectivity index (χ1n) is 7.80. The maximum absolute atomic E-state index is 12.2. The summed E-state index contributed by atoms with van der Waals surface area (Å²) in [5, 5.41) is 3.08. The van der Waals surface area contributed by atoms with Crippen LogP contribution in [-0.2, 0) is 4.79 Å². The molecule has 2 fully saturated rings. The maximum atomic E-state index is 12.2. The fourth-order valence-corrected chi connectivity index (χ4v) is 2.81. The van der Waals surface area contributed by atoms with E-state index in [9.17, 15) is 9.59 Å². The molecular formula is C17H22N2O2. The number of amides is 2. The van der Waals surface area contributed by atoms with Crippen LogP contribution in [0, 0.1) is 12.8 Å². The van der Waals surface area contributed by atoms with E-state index >= 15 is 0 Å². The van der Waals surface area contributed by atoms with Crippen LogP contribution in [0.3, 0.4) is 0 Å². The lowest BCUT2D eigenvalue weighted by Crippen LogP contribution is -2.47. The zero-order valence-electron chi connectivity index (χ0n) is 12.5. The number of hydrogen-bond acceptors (Lipinski definition) is 2. The molecule has 0 unspecified atom stereocenters. The van der Waals surface area contributed by atoms with E-state index < -0.39 is 0 Å². The van der Waals surface area contributed by atoms with Crippen molar-refractivity contribution in [2.24, 2.45) is 5.92 Å². The van der Waals surface area contributed by atoms with Gasteiger partial charge >= 0.3 is 0 Å². The summed E-state index contributed by atoms with van der Waals surface area (Å²) in [4.78, 5) is 26.1. The molecule has 1 aromatic rings. The Bertz CT molecular complexity index is 526. The molecule has 1 aliphatic heterocycles. The number of nitrogens with zero attached hydrogens (tertiary/aromatic N) is 1. The first-order valence-corrected chi connectivity index (χ1v) is 7.80. The zero-order valence-corrected chi connectivity index (χ0v) is 12.5. The molecule has 2 amide bonds. The van der Waals surface area contributed by atoms with Gasteiger partial charge < -0.3 is 10.2 Å². The van der Waals surface area contributed by atoms with Crippen molar-refractivity contribution in [2.75, 3.05) is 13.1 Å². The van der Waals surface area contributed by atoms with E-state index in [1.807, 2.05) is 36.1 Å². The molecule has 1 heterocycles. The average Bonchev–Trinajstić information content (AvgIpc) is 3.32.